The van der Waals surface area contributed by atoms with Gasteiger partial charge in [-0.25, -0.2) is 4.79 Å². The van der Waals surface area contributed by atoms with Crippen molar-refractivity contribution in [1.29, 1.82) is 0 Å². The van der Waals surface area contributed by atoms with Crippen molar-refractivity contribution in [2.24, 2.45) is 0 Å². The van der Waals surface area contributed by atoms with Crippen LogP contribution in [0.15, 0.2) is 24.4 Å². The molecule has 0 aliphatic rings. The number of carbonyl (C=O) groups excluding carboxylic acids is 1. The van der Waals surface area contributed by atoms with Crippen LogP contribution in [-0.2, 0) is 0 Å². The van der Waals surface area contributed by atoms with Gasteiger partial charge in [-0.05, 0) is 52.8 Å². The van der Waals surface area contributed by atoms with E-state index < -0.39 is 6.10 Å². The molecule has 1 unspecified atom stereocenters. The zero-order valence-corrected chi connectivity index (χ0v) is 14.4. The minimum Gasteiger partial charge on any atom is -0.392 e. The minimum atomic E-state index is -0.560. The van der Waals surface area contributed by atoms with Crippen molar-refractivity contribution in [2.45, 2.75) is 52.8 Å². The molecule has 0 spiro atoms. The maximum Gasteiger partial charge on any atom is 0.322 e. The minimum absolute atomic E-state index is 0.0111. The number of hydrogen-bond donors (Lipinski definition) is 2. The number of nitrogens with one attached hydrogen (secondary N) is 1. The van der Waals surface area contributed by atoms with Crippen LogP contribution in [0.4, 0.5) is 10.5 Å². The molecule has 0 aliphatic heterocycles. The van der Waals surface area contributed by atoms with Gasteiger partial charge in [0.25, 0.3) is 0 Å². The van der Waals surface area contributed by atoms with E-state index in [4.69, 9.17) is 0 Å². The van der Waals surface area contributed by atoms with E-state index in [9.17, 15) is 9.90 Å². The molecule has 0 aliphatic carbocycles. The van der Waals surface area contributed by atoms with Crippen molar-refractivity contribution in [1.82, 2.24) is 14.7 Å². The molecule has 1 heterocycles. The predicted molar refractivity (Wildman–Crippen MR) is 92.7 cm³/mol. The monoisotopic (exact) mass is 318 g/mol. The lowest BCUT2D eigenvalue weighted by Crippen LogP contribution is -2.43. The van der Waals surface area contributed by atoms with Gasteiger partial charge in [0.15, 0.2) is 0 Å². The zero-order valence-electron chi connectivity index (χ0n) is 14.4. The van der Waals surface area contributed by atoms with Crippen molar-refractivity contribution in [2.75, 3.05) is 11.9 Å². The quantitative estimate of drug-likeness (QED) is 0.889. The molecular formula is C17H26N4O2. The summed E-state index contributed by atoms with van der Waals surface area (Å²) < 4.78 is 1.91. The summed E-state index contributed by atoms with van der Waals surface area (Å²) in [4.78, 5) is 14.0. The van der Waals surface area contributed by atoms with Crippen molar-refractivity contribution >= 4 is 22.6 Å². The van der Waals surface area contributed by atoms with Crippen LogP contribution in [-0.4, -0.2) is 44.5 Å². The average molecular weight is 318 g/mol. The van der Waals surface area contributed by atoms with E-state index in [1.807, 2.05) is 42.9 Å². The molecule has 6 nitrogen and oxygen atoms in total. The first-order chi connectivity index (χ1) is 10.8. The molecule has 0 saturated heterocycles. The second-order valence-electron chi connectivity index (χ2n) is 6.50. The fraction of sp³-hybridized carbons (Fsp3) is 0.529. The van der Waals surface area contributed by atoms with Gasteiger partial charge in [-0.15, -0.1) is 0 Å². The summed E-state index contributed by atoms with van der Waals surface area (Å²) in [6.07, 6.45) is 1.42. The Labute approximate surface area is 137 Å². The number of fused-ring (bicyclic) bond motifs is 1. The van der Waals surface area contributed by atoms with E-state index in [0.29, 0.717) is 12.6 Å². The number of urea groups is 1. The fourth-order valence-corrected chi connectivity index (χ4v) is 2.40. The number of nitrogens with zero attached hydrogens (tertiary/aromatic N) is 3. The molecule has 0 bridgehead atoms. The number of carbonyl (C=O) groups is 1. The first-order valence-electron chi connectivity index (χ1n) is 8.02. The molecule has 2 N–H and O–H groups in total. The number of aliphatic hydroxyl groups excluding tert-OH is 1. The highest BCUT2D eigenvalue weighted by Crippen LogP contribution is 2.20. The Morgan fingerprint density at radius 3 is 2.57 bits per heavy atom. The van der Waals surface area contributed by atoms with Crippen molar-refractivity contribution in [3.8, 4) is 0 Å². The summed E-state index contributed by atoms with van der Waals surface area (Å²) in [6, 6.07) is 5.76. The standard InChI is InChI=1S/C17H26N4O2/c1-11(2)20(9-13(5)22)17(23)18-15-6-7-16-14(8-15)10-21(19-16)12(3)4/h6-8,10-13,22H,9H2,1-5H3,(H,18,23). The second kappa shape index (κ2) is 7.00. The van der Waals surface area contributed by atoms with Gasteiger partial charge in [-0.3, -0.25) is 4.68 Å². The lowest BCUT2D eigenvalue weighted by Gasteiger charge is -2.28. The first-order valence-corrected chi connectivity index (χ1v) is 8.02. The Morgan fingerprint density at radius 2 is 2.00 bits per heavy atom. The number of anilines is 1. The van der Waals surface area contributed by atoms with Gasteiger partial charge in [-0.2, -0.15) is 5.10 Å². The smallest absolute Gasteiger partial charge is 0.322 e. The number of hydrogen-bond acceptors (Lipinski definition) is 3. The van der Waals surface area contributed by atoms with Crippen molar-refractivity contribution in [3.63, 3.8) is 0 Å². The lowest BCUT2D eigenvalue weighted by atomic mass is 10.2. The Bertz CT molecular complexity index is 676. The predicted octanol–water partition coefficient (Wildman–Crippen LogP) is 3.24. The van der Waals surface area contributed by atoms with Gasteiger partial charge in [0.2, 0.25) is 0 Å². The SMILES string of the molecule is CC(O)CN(C(=O)Nc1ccc2nn(C(C)C)cc2c1)C(C)C. The van der Waals surface area contributed by atoms with Crippen LogP contribution < -0.4 is 5.32 Å². The largest absolute Gasteiger partial charge is 0.392 e. The van der Waals surface area contributed by atoms with E-state index in [2.05, 4.69) is 24.3 Å². The first kappa shape index (κ1) is 17.3. The van der Waals surface area contributed by atoms with E-state index in [1.165, 1.54) is 0 Å². The summed E-state index contributed by atoms with van der Waals surface area (Å²) in [6.45, 7) is 9.98. The molecule has 126 valence electrons. The van der Waals surface area contributed by atoms with Gasteiger partial charge < -0.3 is 15.3 Å². The van der Waals surface area contributed by atoms with Crippen LogP contribution in [0, 0.1) is 0 Å². The van der Waals surface area contributed by atoms with Crippen LogP contribution in [0.3, 0.4) is 0 Å². The number of amides is 2. The molecule has 1 atom stereocenters. The molecule has 0 radical (unpaired) electrons. The van der Waals surface area contributed by atoms with Crippen LogP contribution in [0.5, 0.6) is 0 Å². The van der Waals surface area contributed by atoms with Crippen molar-refractivity contribution in [3.05, 3.63) is 24.4 Å². The topological polar surface area (TPSA) is 70.4 Å². The number of aliphatic hydroxyl groups is 1. The van der Waals surface area contributed by atoms with Crippen LogP contribution in [0.2, 0.25) is 0 Å². The van der Waals surface area contributed by atoms with Crippen molar-refractivity contribution < 1.29 is 9.90 Å². The third-order valence-electron chi connectivity index (χ3n) is 3.65. The van der Waals surface area contributed by atoms with E-state index >= 15 is 0 Å². The summed E-state index contributed by atoms with van der Waals surface area (Å²) in [5, 5.41) is 17.9. The highest BCUT2D eigenvalue weighted by molar-refractivity contribution is 5.92. The number of aromatic nitrogens is 2. The maximum atomic E-state index is 12.4. The molecular weight excluding hydrogens is 292 g/mol. The number of benzene rings is 1. The Hall–Kier alpha value is -2.08. The van der Waals surface area contributed by atoms with Gasteiger partial charge in [0, 0.05) is 35.9 Å². The molecule has 0 saturated carbocycles. The summed E-state index contributed by atoms with van der Waals surface area (Å²) in [5.74, 6) is 0. The summed E-state index contributed by atoms with van der Waals surface area (Å²) in [5.41, 5.74) is 1.63. The molecule has 1 aromatic heterocycles. The Kier molecular flexibility index (Phi) is 5.26. The van der Waals surface area contributed by atoms with Crippen LogP contribution in [0.1, 0.15) is 40.7 Å². The van der Waals surface area contributed by atoms with E-state index in [-0.39, 0.29) is 12.1 Å². The van der Waals surface area contributed by atoms with E-state index in [1.54, 1.807) is 11.8 Å². The van der Waals surface area contributed by atoms with Gasteiger partial charge in [0.1, 0.15) is 0 Å². The lowest BCUT2D eigenvalue weighted by molar-refractivity contribution is 0.125. The third-order valence-corrected chi connectivity index (χ3v) is 3.65. The van der Waals surface area contributed by atoms with Crippen LogP contribution >= 0.6 is 0 Å². The normalized spacial score (nSPS) is 12.9. The summed E-state index contributed by atoms with van der Waals surface area (Å²) in [7, 11) is 0. The molecule has 0 fully saturated rings. The highest BCUT2D eigenvalue weighted by Gasteiger charge is 2.19. The Morgan fingerprint density at radius 1 is 1.30 bits per heavy atom. The fourth-order valence-electron chi connectivity index (χ4n) is 2.40. The van der Waals surface area contributed by atoms with E-state index in [0.717, 1.165) is 16.6 Å². The molecule has 2 aromatic rings. The third kappa shape index (κ3) is 4.22. The Balaban J connectivity index is 2.18. The van der Waals surface area contributed by atoms with Gasteiger partial charge in [0.05, 0.1) is 11.6 Å². The second-order valence-corrected chi connectivity index (χ2v) is 6.50. The molecule has 2 amide bonds. The molecule has 2 rings (SSSR count). The number of rotatable bonds is 5. The van der Waals surface area contributed by atoms with Gasteiger partial charge in [-0.1, -0.05) is 0 Å². The highest BCUT2D eigenvalue weighted by atomic mass is 16.3. The van der Waals surface area contributed by atoms with Crippen LogP contribution in [0.25, 0.3) is 10.9 Å². The molecule has 6 heteroatoms. The van der Waals surface area contributed by atoms with Gasteiger partial charge >= 0.3 is 6.03 Å². The average Bonchev–Trinajstić information content (AvgIpc) is 2.87. The molecule has 23 heavy (non-hydrogen) atoms. The molecule has 1 aromatic carbocycles. The maximum absolute atomic E-state index is 12.4. The zero-order chi connectivity index (χ0) is 17.1. The summed E-state index contributed by atoms with van der Waals surface area (Å²) >= 11 is 0.